The summed E-state index contributed by atoms with van der Waals surface area (Å²) in [6.45, 7) is 2.31. The van der Waals surface area contributed by atoms with E-state index in [0.29, 0.717) is 12.6 Å². The predicted octanol–water partition coefficient (Wildman–Crippen LogP) is -0.453. The molecule has 0 radical (unpaired) electrons. The van der Waals surface area contributed by atoms with E-state index in [4.69, 9.17) is 0 Å². The minimum absolute atomic E-state index is 0.425. The van der Waals surface area contributed by atoms with Crippen molar-refractivity contribution in [2.24, 2.45) is 0 Å². The number of hydrogen-bond donors (Lipinski definition) is 3. The Hall–Kier alpha value is -1.96. The van der Waals surface area contributed by atoms with Gasteiger partial charge in [-0.25, -0.2) is 9.48 Å². The van der Waals surface area contributed by atoms with Crippen LogP contribution in [-0.4, -0.2) is 40.0 Å². The van der Waals surface area contributed by atoms with E-state index >= 15 is 0 Å². The van der Waals surface area contributed by atoms with Gasteiger partial charge in [-0.3, -0.25) is 10.1 Å². The van der Waals surface area contributed by atoms with Gasteiger partial charge in [-0.2, -0.15) is 0 Å². The molecule has 1 aliphatic rings. The first kappa shape index (κ1) is 13.5. The zero-order chi connectivity index (χ0) is 13.8. The highest BCUT2D eigenvalue weighted by atomic mass is 16.2. The van der Waals surface area contributed by atoms with Crippen molar-refractivity contribution in [3.8, 4) is 0 Å². The van der Waals surface area contributed by atoms with E-state index in [0.717, 1.165) is 5.69 Å². The predicted molar refractivity (Wildman–Crippen MR) is 67.2 cm³/mol. The first-order valence-corrected chi connectivity index (χ1v) is 6.27. The number of nitrogens with one attached hydrogen (secondary N) is 3. The molecule has 3 amide bonds. The molecule has 1 fully saturated rings. The molecule has 1 aliphatic carbocycles. The Morgan fingerprint density at radius 1 is 1.53 bits per heavy atom. The van der Waals surface area contributed by atoms with Gasteiger partial charge >= 0.3 is 6.03 Å². The summed E-state index contributed by atoms with van der Waals surface area (Å²) in [6.07, 6.45) is 4.13. The maximum atomic E-state index is 11.7. The lowest BCUT2D eigenvalue weighted by Gasteiger charge is -2.10. The molecule has 1 saturated carbocycles. The van der Waals surface area contributed by atoms with Gasteiger partial charge in [0.1, 0.15) is 6.04 Å². The number of amides is 3. The van der Waals surface area contributed by atoms with Crippen LogP contribution in [0.15, 0.2) is 6.20 Å². The van der Waals surface area contributed by atoms with Gasteiger partial charge in [-0.15, -0.1) is 5.10 Å². The summed E-state index contributed by atoms with van der Waals surface area (Å²) in [7, 11) is 1.45. The van der Waals surface area contributed by atoms with Crippen LogP contribution in [0.1, 0.15) is 31.5 Å². The molecular formula is C11H18N6O2. The molecule has 1 heterocycles. The molecule has 0 spiro atoms. The van der Waals surface area contributed by atoms with Crippen LogP contribution in [0.4, 0.5) is 4.79 Å². The molecule has 0 saturated heterocycles. The van der Waals surface area contributed by atoms with Crippen LogP contribution in [0.25, 0.3) is 0 Å². The zero-order valence-corrected chi connectivity index (χ0v) is 11.0. The monoisotopic (exact) mass is 266 g/mol. The molecule has 104 valence electrons. The Labute approximate surface area is 110 Å². The lowest BCUT2D eigenvalue weighted by Crippen LogP contribution is -2.40. The number of urea groups is 1. The van der Waals surface area contributed by atoms with Gasteiger partial charge in [-0.05, 0) is 19.8 Å². The van der Waals surface area contributed by atoms with E-state index in [1.807, 2.05) is 0 Å². The van der Waals surface area contributed by atoms with Crippen molar-refractivity contribution in [1.29, 1.82) is 0 Å². The second-order valence-corrected chi connectivity index (χ2v) is 4.59. The van der Waals surface area contributed by atoms with Crippen LogP contribution in [0.3, 0.4) is 0 Å². The Morgan fingerprint density at radius 2 is 2.26 bits per heavy atom. The molecule has 8 nitrogen and oxygen atoms in total. The fourth-order valence-electron chi connectivity index (χ4n) is 1.52. The zero-order valence-electron chi connectivity index (χ0n) is 11.0. The second-order valence-electron chi connectivity index (χ2n) is 4.59. The molecule has 0 aromatic carbocycles. The standard InChI is InChI=1S/C11H18N6O2/c1-7(10(18)14-11(19)12-2)17-6-9(15-16-17)5-13-8-3-4-8/h6-8,13H,3-5H2,1-2H3,(H2,12,14,18,19). The van der Waals surface area contributed by atoms with E-state index in [2.05, 4.69) is 26.3 Å². The van der Waals surface area contributed by atoms with Gasteiger partial charge in [-0.1, -0.05) is 5.21 Å². The van der Waals surface area contributed by atoms with E-state index in [1.165, 1.54) is 24.6 Å². The van der Waals surface area contributed by atoms with E-state index < -0.39 is 18.0 Å². The van der Waals surface area contributed by atoms with Crippen LogP contribution in [0, 0.1) is 0 Å². The fraction of sp³-hybridized carbons (Fsp3) is 0.636. The Kier molecular flexibility index (Phi) is 4.10. The summed E-state index contributed by atoms with van der Waals surface area (Å²) in [4.78, 5) is 22.8. The Balaban J connectivity index is 1.88. The van der Waals surface area contributed by atoms with Crippen molar-refractivity contribution in [1.82, 2.24) is 30.9 Å². The minimum Gasteiger partial charge on any atom is -0.341 e. The average Bonchev–Trinajstić information content (AvgIpc) is 3.12. The second kappa shape index (κ2) is 5.79. The van der Waals surface area contributed by atoms with Gasteiger partial charge < -0.3 is 10.6 Å². The smallest absolute Gasteiger partial charge is 0.321 e. The molecule has 1 atom stereocenters. The summed E-state index contributed by atoms with van der Waals surface area (Å²) in [5.74, 6) is -0.425. The van der Waals surface area contributed by atoms with Crippen molar-refractivity contribution in [3.63, 3.8) is 0 Å². The highest BCUT2D eigenvalue weighted by Gasteiger charge is 2.21. The molecule has 0 aliphatic heterocycles. The highest BCUT2D eigenvalue weighted by molar-refractivity contribution is 5.95. The third-order valence-corrected chi connectivity index (χ3v) is 2.95. The van der Waals surface area contributed by atoms with Crippen LogP contribution >= 0.6 is 0 Å². The molecule has 3 N–H and O–H groups in total. The molecule has 19 heavy (non-hydrogen) atoms. The third kappa shape index (κ3) is 3.75. The summed E-state index contributed by atoms with van der Waals surface area (Å²) in [5, 5.41) is 15.7. The number of imide groups is 1. The quantitative estimate of drug-likeness (QED) is 0.670. The van der Waals surface area contributed by atoms with Crippen molar-refractivity contribution < 1.29 is 9.59 Å². The van der Waals surface area contributed by atoms with Crippen LogP contribution in [-0.2, 0) is 11.3 Å². The topological polar surface area (TPSA) is 101 Å². The Bertz CT molecular complexity index is 468. The minimum atomic E-state index is -0.584. The molecule has 0 bridgehead atoms. The van der Waals surface area contributed by atoms with Crippen molar-refractivity contribution >= 4 is 11.9 Å². The lowest BCUT2D eigenvalue weighted by atomic mass is 10.3. The largest absolute Gasteiger partial charge is 0.341 e. The number of nitrogens with zero attached hydrogens (tertiary/aromatic N) is 3. The van der Waals surface area contributed by atoms with E-state index in [-0.39, 0.29) is 0 Å². The molecule has 8 heteroatoms. The van der Waals surface area contributed by atoms with Gasteiger partial charge in [0.05, 0.1) is 11.9 Å². The summed E-state index contributed by atoms with van der Waals surface area (Å²) in [5.41, 5.74) is 0.784. The fourth-order valence-corrected chi connectivity index (χ4v) is 1.52. The number of carbonyl (C=O) groups is 2. The third-order valence-electron chi connectivity index (χ3n) is 2.95. The summed E-state index contributed by atoms with van der Waals surface area (Å²) >= 11 is 0. The summed E-state index contributed by atoms with van der Waals surface area (Å²) < 4.78 is 1.45. The first-order chi connectivity index (χ1) is 9.10. The van der Waals surface area contributed by atoms with Crippen LogP contribution in [0.2, 0.25) is 0 Å². The average molecular weight is 266 g/mol. The van der Waals surface area contributed by atoms with E-state index in [1.54, 1.807) is 13.1 Å². The molecule has 1 aromatic rings. The van der Waals surface area contributed by atoms with Gasteiger partial charge in [0, 0.05) is 19.6 Å². The van der Waals surface area contributed by atoms with Gasteiger partial charge in [0.15, 0.2) is 0 Å². The number of rotatable bonds is 5. The van der Waals surface area contributed by atoms with E-state index in [9.17, 15) is 9.59 Å². The maximum Gasteiger partial charge on any atom is 0.321 e. The molecule has 1 unspecified atom stereocenters. The lowest BCUT2D eigenvalue weighted by molar-refractivity contribution is -0.123. The SMILES string of the molecule is CNC(=O)NC(=O)C(C)n1cc(CNC2CC2)nn1. The summed E-state index contributed by atoms with van der Waals surface area (Å²) in [6, 6.07) is -0.522. The molecule has 1 aromatic heterocycles. The van der Waals surface area contributed by atoms with Gasteiger partial charge in [0.2, 0.25) is 0 Å². The first-order valence-electron chi connectivity index (χ1n) is 6.27. The normalized spacial score (nSPS) is 15.9. The van der Waals surface area contributed by atoms with Crippen LogP contribution < -0.4 is 16.0 Å². The van der Waals surface area contributed by atoms with Crippen molar-refractivity contribution in [2.75, 3.05) is 7.05 Å². The maximum absolute atomic E-state index is 11.7. The molecule has 2 rings (SSSR count). The van der Waals surface area contributed by atoms with Crippen LogP contribution in [0.5, 0.6) is 0 Å². The van der Waals surface area contributed by atoms with Gasteiger partial charge in [0.25, 0.3) is 5.91 Å². The highest BCUT2D eigenvalue weighted by Crippen LogP contribution is 2.19. The van der Waals surface area contributed by atoms with Crippen molar-refractivity contribution in [3.05, 3.63) is 11.9 Å². The number of aromatic nitrogens is 3. The van der Waals surface area contributed by atoms with Crippen molar-refractivity contribution in [2.45, 2.75) is 38.4 Å². The Morgan fingerprint density at radius 3 is 2.89 bits per heavy atom. The molecular weight excluding hydrogens is 248 g/mol. The number of hydrogen-bond acceptors (Lipinski definition) is 5. The number of carbonyl (C=O) groups excluding carboxylic acids is 2.